The molecule has 3 aromatic heterocycles. The van der Waals surface area contributed by atoms with Crippen molar-refractivity contribution in [3.63, 3.8) is 0 Å². The van der Waals surface area contributed by atoms with Crippen molar-refractivity contribution in [2.45, 2.75) is 24.0 Å². The van der Waals surface area contributed by atoms with Crippen LogP contribution >= 0.6 is 27.7 Å². The zero-order valence-electron chi connectivity index (χ0n) is 12.8. The van der Waals surface area contributed by atoms with Crippen LogP contribution in [0.4, 0.5) is 0 Å². The number of hydrogen-bond acceptors (Lipinski definition) is 7. The molecule has 0 saturated carbocycles. The van der Waals surface area contributed by atoms with Crippen molar-refractivity contribution in [3.8, 4) is 5.69 Å². The van der Waals surface area contributed by atoms with Crippen LogP contribution in [-0.4, -0.2) is 39.8 Å². The first-order valence-corrected chi connectivity index (χ1v) is 8.63. The fraction of sp³-hybridized carbons (Fsp3) is 0.143. The first-order chi connectivity index (χ1) is 11.6. The molecule has 0 aliphatic heterocycles. The smallest absolute Gasteiger partial charge is 0.216 e. The number of tetrazole rings is 1. The Bertz CT molecular complexity index is 1020. The van der Waals surface area contributed by atoms with Crippen LogP contribution in [-0.2, 0) is 0 Å². The largest absolute Gasteiger partial charge is 0.253 e. The van der Waals surface area contributed by atoms with E-state index in [1.807, 2.05) is 38.1 Å². The maximum atomic E-state index is 4.43. The molecule has 24 heavy (non-hydrogen) atoms. The van der Waals surface area contributed by atoms with E-state index in [2.05, 4.69) is 46.5 Å². The van der Waals surface area contributed by atoms with Crippen LogP contribution in [0.1, 0.15) is 11.3 Å². The van der Waals surface area contributed by atoms with E-state index in [1.165, 1.54) is 18.1 Å². The molecule has 0 atom stereocenters. The maximum absolute atomic E-state index is 4.43. The predicted molar refractivity (Wildman–Crippen MR) is 91.2 cm³/mol. The van der Waals surface area contributed by atoms with E-state index >= 15 is 0 Å². The van der Waals surface area contributed by atoms with Crippen LogP contribution in [0.3, 0.4) is 0 Å². The second-order valence-corrected chi connectivity index (χ2v) is 6.92. The van der Waals surface area contributed by atoms with Gasteiger partial charge >= 0.3 is 0 Å². The summed E-state index contributed by atoms with van der Waals surface area (Å²) in [6.07, 6.45) is 1.49. The second-order valence-electron chi connectivity index (χ2n) is 5.05. The molecule has 3 heterocycles. The highest BCUT2D eigenvalue weighted by Gasteiger charge is 2.17. The predicted octanol–water partition coefficient (Wildman–Crippen LogP) is 2.63. The van der Waals surface area contributed by atoms with Crippen molar-refractivity contribution in [1.29, 1.82) is 0 Å². The van der Waals surface area contributed by atoms with E-state index in [4.69, 9.17) is 0 Å². The Labute approximate surface area is 149 Å². The van der Waals surface area contributed by atoms with Gasteiger partial charge in [-0.25, -0.2) is 4.98 Å². The summed E-state index contributed by atoms with van der Waals surface area (Å²) in [6.45, 7) is 3.95. The van der Waals surface area contributed by atoms with Gasteiger partial charge in [0.05, 0.1) is 5.69 Å². The SMILES string of the molecule is Cc1nc2ncnn2c(Sc2nnnn2-c2ccc(Br)cc2)c1C. The first kappa shape index (κ1) is 15.2. The Morgan fingerprint density at radius 3 is 2.71 bits per heavy atom. The molecule has 0 N–H and O–H groups in total. The highest BCUT2D eigenvalue weighted by molar-refractivity contribution is 9.10. The topological polar surface area (TPSA) is 86.7 Å². The van der Waals surface area contributed by atoms with Gasteiger partial charge in [-0.15, -0.1) is 5.10 Å². The van der Waals surface area contributed by atoms with E-state index in [0.29, 0.717) is 10.9 Å². The molecular weight excluding hydrogens is 392 g/mol. The summed E-state index contributed by atoms with van der Waals surface area (Å²) in [5.74, 6) is 0.559. The molecule has 0 spiro atoms. The number of rotatable bonds is 3. The molecular formula is C14H11BrN8S. The lowest BCUT2D eigenvalue weighted by Crippen LogP contribution is -2.04. The minimum Gasteiger partial charge on any atom is -0.216 e. The maximum Gasteiger partial charge on any atom is 0.253 e. The Kier molecular flexibility index (Phi) is 3.77. The summed E-state index contributed by atoms with van der Waals surface area (Å²) in [5.41, 5.74) is 2.80. The summed E-state index contributed by atoms with van der Waals surface area (Å²) in [4.78, 5) is 8.59. The number of aryl methyl sites for hydroxylation is 1. The lowest BCUT2D eigenvalue weighted by Gasteiger charge is -2.09. The quantitative estimate of drug-likeness (QED) is 0.486. The third-order valence-corrected chi connectivity index (χ3v) is 5.19. The Morgan fingerprint density at radius 2 is 1.92 bits per heavy atom. The van der Waals surface area contributed by atoms with E-state index in [9.17, 15) is 0 Å². The Hall–Kier alpha value is -2.33. The number of halogens is 1. The van der Waals surface area contributed by atoms with Gasteiger partial charge in [-0.2, -0.15) is 19.3 Å². The molecule has 4 rings (SSSR count). The molecule has 0 aliphatic carbocycles. The van der Waals surface area contributed by atoms with Gasteiger partial charge < -0.3 is 0 Å². The van der Waals surface area contributed by atoms with E-state index in [1.54, 1.807) is 9.20 Å². The van der Waals surface area contributed by atoms with Crippen molar-refractivity contribution in [1.82, 2.24) is 39.8 Å². The molecule has 0 fully saturated rings. The van der Waals surface area contributed by atoms with Crippen LogP contribution < -0.4 is 0 Å². The van der Waals surface area contributed by atoms with Crippen molar-refractivity contribution < 1.29 is 0 Å². The second kappa shape index (κ2) is 5.95. The minimum atomic E-state index is 0.559. The average molecular weight is 403 g/mol. The molecule has 8 nitrogen and oxygen atoms in total. The highest BCUT2D eigenvalue weighted by atomic mass is 79.9. The lowest BCUT2D eigenvalue weighted by molar-refractivity contribution is 0.751. The van der Waals surface area contributed by atoms with Crippen LogP contribution in [0.2, 0.25) is 0 Å². The van der Waals surface area contributed by atoms with Crippen molar-refractivity contribution in [2.24, 2.45) is 0 Å². The number of benzene rings is 1. The van der Waals surface area contributed by atoms with Crippen LogP contribution in [0, 0.1) is 13.8 Å². The molecule has 10 heteroatoms. The standard InChI is InChI=1S/C14H11BrN8S/c1-8-9(2)18-13-16-7-17-23(13)12(8)24-14-19-20-21-22(14)11-5-3-10(15)4-6-11/h3-7H,1-2H3. The van der Waals surface area contributed by atoms with Gasteiger partial charge in [0.2, 0.25) is 5.16 Å². The average Bonchev–Trinajstić information content (AvgIpc) is 3.21. The van der Waals surface area contributed by atoms with Crippen molar-refractivity contribution in [3.05, 3.63) is 46.3 Å². The zero-order chi connectivity index (χ0) is 16.7. The zero-order valence-corrected chi connectivity index (χ0v) is 15.2. The van der Waals surface area contributed by atoms with Crippen molar-refractivity contribution >= 4 is 33.5 Å². The monoisotopic (exact) mass is 402 g/mol. The van der Waals surface area contributed by atoms with E-state index in [0.717, 1.165) is 26.4 Å². The molecule has 120 valence electrons. The summed E-state index contributed by atoms with van der Waals surface area (Å²) in [7, 11) is 0. The summed E-state index contributed by atoms with van der Waals surface area (Å²) in [6, 6.07) is 7.78. The van der Waals surface area contributed by atoms with Gasteiger partial charge in [-0.1, -0.05) is 15.9 Å². The molecule has 0 bridgehead atoms. The molecule has 4 aromatic rings. The van der Waals surface area contributed by atoms with Crippen molar-refractivity contribution in [2.75, 3.05) is 0 Å². The Morgan fingerprint density at radius 1 is 1.12 bits per heavy atom. The molecule has 0 unspecified atom stereocenters. The van der Waals surface area contributed by atoms with Gasteiger partial charge in [0, 0.05) is 15.7 Å². The molecule has 0 aliphatic rings. The molecule has 0 amide bonds. The molecule has 0 radical (unpaired) electrons. The minimum absolute atomic E-state index is 0.559. The van der Waals surface area contributed by atoms with Gasteiger partial charge in [0.15, 0.2) is 0 Å². The van der Waals surface area contributed by atoms with Gasteiger partial charge in [-0.3, -0.25) is 0 Å². The van der Waals surface area contributed by atoms with Gasteiger partial charge in [0.25, 0.3) is 5.78 Å². The van der Waals surface area contributed by atoms with E-state index < -0.39 is 0 Å². The van der Waals surface area contributed by atoms with Crippen LogP contribution in [0.25, 0.3) is 11.5 Å². The summed E-state index contributed by atoms with van der Waals surface area (Å²) < 4.78 is 4.39. The molecule has 0 saturated heterocycles. The van der Waals surface area contributed by atoms with Gasteiger partial charge in [-0.05, 0) is 60.3 Å². The number of fused-ring (bicyclic) bond motifs is 1. The normalized spacial score (nSPS) is 11.3. The first-order valence-electron chi connectivity index (χ1n) is 7.02. The fourth-order valence-corrected chi connectivity index (χ4v) is 3.45. The lowest BCUT2D eigenvalue weighted by atomic mass is 10.3. The Balaban J connectivity index is 1.80. The molecule has 1 aromatic carbocycles. The number of hydrogen-bond donors (Lipinski definition) is 0. The third kappa shape index (κ3) is 2.57. The van der Waals surface area contributed by atoms with Gasteiger partial charge in [0.1, 0.15) is 11.4 Å². The van der Waals surface area contributed by atoms with E-state index in [-0.39, 0.29) is 0 Å². The summed E-state index contributed by atoms with van der Waals surface area (Å²) in [5, 5.41) is 17.8. The highest BCUT2D eigenvalue weighted by Crippen LogP contribution is 2.30. The summed E-state index contributed by atoms with van der Waals surface area (Å²) >= 11 is 4.86. The number of aromatic nitrogens is 8. The third-order valence-electron chi connectivity index (χ3n) is 3.55. The fourth-order valence-electron chi connectivity index (χ4n) is 2.20. The van der Waals surface area contributed by atoms with Crippen LogP contribution in [0.15, 0.2) is 45.2 Å². The number of nitrogens with zero attached hydrogens (tertiary/aromatic N) is 8. The van der Waals surface area contributed by atoms with Crippen LogP contribution in [0.5, 0.6) is 0 Å².